The lowest BCUT2D eigenvalue weighted by Crippen LogP contribution is -2.31. The molecule has 1 aliphatic heterocycles. The highest BCUT2D eigenvalue weighted by atomic mass is 32.2. The maximum Gasteiger partial charge on any atom is 0.417 e. The van der Waals surface area contributed by atoms with Crippen LogP contribution in [0.25, 0.3) is 10.4 Å². The molecule has 0 bridgehead atoms. The van der Waals surface area contributed by atoms with Crippen LogP contribution in [-0.4, -0.2) is 41.6 Å². The van der Waals surface area contributed by atoms with Crippen molar-refractivity contribution in [1.29, 1.82) is 0 Å². The van der Waals surface area contributed by atoms with Crippen LogP contribution in [0.5, 0.6) is 0 Å². The van der Waals surface area contributed by atoms with Crippen LogP contribution in [0.2, 0.25) is 0 Å². The van der Waals surface area contributed by atoms with Gasteiger partial charge in [-0.05, 0) is 12.1 Å². The van der Waals surface area contributed by atoms with E-state index in [4.69, 9.17) is 0 Å². The number of thiazole rings is 1. The number of alkyl halides is 3. The third-order valence-corrected chi connectivity index (χ3v) is 7.43. The fourth-order valence-corrected chi connectivity index (χ4v) is 4.89. The Hall–Kier alpha value is -2.86. The summed E-state index contributed by atoms with van der Waals surface area (Å²) in [7, 11) is -3.85. The number of carbonyl (C=O) groups is 1. The van der Waals surface area contributed by atoms with Crippen LogP contribution in [0.3, 0.4) is 0 Å². The molecule has 4 heterocycles. The number of fused-ring (bicyclic) bond motifs is 1. The molecule has 0 spiro atoms. The van der Waals surface area contributed by atoms with E-state index in [1.807, 2.05) is 0 Å². The molecule has 0 aromatic carbocycles. The Kier molecular flexibility index (Phi) is 5.30. The van der Waals surface area contributed by atoms with Gasteiger partial charge in [0.05, 0.1) is 38.0 Å². The van der Waals surface area contributed by atoms with Gasteiger partial charge in [0.2, 0.25) is 0 Å². The predicted molar refractivity (Wildman–Crippen MR) is 108 cm³/mol. The lowest BCUT2D eigenvalue weighted by molar-refractivity contribution is -0.137. The van der Waals surface area contributed by atoms with E-state index >= 15 is 0 Å². The van der Waals surface area contributed by atoms with Crippen LogP contribution < -0.4 is 4.90 Å². The molecule has 0 radical (unpaired) electrons. The Morgan fingerprint density at radius 2 is 1.97 bits per heavy atom. The molecule has 4 rings (SSSR count). The van der Waals surface area contributed by atoms with Gasteiger partial charge in [-0.25, -0.2) is 13.4 Å². The normalized spacial score (nSPS) is 14.0. The first-order valence-electron chi connectivity index (χ1n) is 9.11. The predicted octanol–water partition coefficient (Wildman–Crippen LogP) is 3.62. The standard InChI is InChI=1S/C19H15F3N4O3S2/c1-2-31(28,29)16-5-11(15-9-23-10-30-15)7-25-17(16)18(27)26-4-3-13-14(26)6-12(8-24-13)19(20,21)22/h5-10H,2-4H2,1H3. The average Bonchev–Trinajstić information content (AvgIpc) is 3.42. The SMILES string of the molecule is CCS(=O)(=O)c1cc(-c2cncs2)cnc1C(=O)N1CCc2ncc(C(F)(F)F)cc21. The van der Waals surface area contributed by atoms with Gasteiger partial charge in [0.15, 0.2) is 9.84 Å². The van der Waals surface area contributed by atoms with E-state index < -0.39 is 27.5 Å². The minimum absolute atomic E-state index is 0.00741. The van der Waals surface area contributed by atoms with E-state index in [1.165, 1.54) is 30.5 Å². The highest BCUT2D eigenvalue weighted by Gasteiger charge is 2.36. The Bertz CT molecular complexity index is 1260. The average molecular weight is 468 g/mol. The lowest BCUT2D eigenvalue weighted by atomic mass is 10.2. The quantitative estimate of drug-likeness (QED) is 0.581. The topological polar surface area (TPSA) is 93.1 Å². The first-order valence-corrected chi connectivity index (χ1v) is 11.6. The maximum atomic E-state index is 13.2. The summed E-state index contributed by atoms with van der Waals surface area (Å²) in [6, 6.07) is 2.21. The Labute approximate surface area is 179 Å². The molecule has 3 aromatic rings. The third kappa shape index (κ3) is 3.92. The number of anilines is 1. The van der Waals surface area contributed by atoms with Gasteiger partial charge in [0.1, 0.15) is 5.69 Å². The maximum absolute atomic E-state index is 13.2. The molecule has 1 aliphatic rings. The van der Waals surface area contributed by atoms with Gasteiger partial charge in [-0.1, -0.05) is 6.92 Å². The summed E-state index contributed by atoms with van der Waals surface area (Å²) in [6.45, 7) is 1.51. The van der Waals surface area contributed by atoms with Crippen LogP contribution >= 0.6 is 11.3 Å². The fourth-order valence-electron chi connectivity index (χ4n) is 3.23. The van der Waals surface area contributed by atoms with E-state index in [1.54, 1.807) is 11.7 Å². The summed E-state index contributed by atoms with van der Waals surface area (Å²) >= 11 is 1.28. The number of hydrogen-bond acceptors (Lipinski definition) is 7. The minimum atomic E-state index is -4.62. The molecule has 0 unspecified atom stereocenters. The van der Waals surface area contributed by atoms with E-state index in [0.717, 1.165) is 17.2 Å². The molecule has 3 aromatic heterocycles. The monoisotopic (exact) mass is 468 g/mol. The van der Waals surface area contributed by atoms with E-state index in [9.17, 15) is 26.4 Å². The molecule has 7 nitrogen and oxygen atoms in total. The van der Waals surface area contributed by atoms with Gasteiger partial charge >= 0.3 is 6.18 Å². The second kappa shape index (κ2) is 7.68. The van der Waals surface area contributed by atoms with Crippen molar-refractivity contribution in [2.45, 2.75) is 24.4 Å². The zero-order valence-electron chi connectivity index (χ0n) is 16.0. The van der Waals surface area contributed by atoms with Crippen molar-refractivity contribution in [1.82, 2.24) is 15.0 Å². The summed E-state index contributed by atoms with van der Waals surface area (Å²) in [6.07, 6.45) is -0.732. The van der Waals surface area contributed by atoms with Gasteiger partial charge < -0.3 is 4.90 Å². The first-order chi connectivity index (χ1) is 14.6. The van der Waals surface area contributed by atoms with Crippen LogP contribution in [0, 0.1) is 0 Å². The number of carbonyl (C=O) groups excluding carboxylic acids is 1. The van der Waals surface area contributed by atoms with Crippen molar-refractivity contribution in [2.75, 3.05) is 17.2 Å². The molecular weight excluding hydrogens is 453 g/mol. The number of halogens is 3. The minimum Gasteiger partial charge on any atom is -0.305 e. The molecule has 0 aliphatic carbocycles. The zero-order chi connectivity index (χ0) is 22.4. The van der Waals surface area contributed by atoms with E-state index in [2.05, 4.69) is 15.0 Å². The molecule has 0 saturated carbocycles. The molecule has 0 N–H and O–H groups in total. The first kappa shape index (κ1) is 21.4. The highest BCUT2D eigenvalue weighted by molar-refractivity contribution is 7.91. The molecule has 31 heavy (non-hydrogen) atoms. The molecule has 1 amide bonds. The Morgan fingerprint density at radius 1 is 1.19 bits per heavy atom. The number of rotatable bonds is 4. The van der Waals surface area contributed by atoms with Crippen LogP contribution in [0.15, 0.2) is 41.1 Å². The van der Waals surface area contributed by atoms with Crippen molar-refractivity contribution in [3.05, 3.63) is 53.2 Å². The van der Waals surface area contributed by atoms with Crippen LogP contribution in [-0.2, 0) is 22.4 Å². The van der Waals surface area contributed by atoms with Crippen molar-refractivity contribution >= 4 is 32.8 Å². The van der Waals surface area contributed by atoms with Gasteiger partial charge in [-0.2, -0.15) is 13.2 Å². The second-order valence-electron chi connectivity index (χ2n) is 6.73. The summed E-state index contributed by atoms with van der Waals surface area (Å²) in [4.78, 5) is 26.6. The summed E-state index contributed by atoms with van der Waals surface area (Å²) < 4.78 is 64.8. The van der Waals surface area contributed by atoms with Crippen molar-refractivity contribution in [3.8, 4) is 10.4 Å². The molecule has 12 heteroatoms. The number of aromatic nitrogens is 3. The molecule has 162 valence electrons. The molecule has 0 atom stereocenters. The van der Waals surface area contributed by atoms with Gasteiger partial charge in [0, 0.05) is 37.1 Å². The Morgan fingerprint density at radius 3 is 2.61 bits per heavy atom. The third-order valence-electron chi connectivity index (χ3n) is 4.87. The number of sulfone groups is 1. The molecule has 0 saturated heterocycles. The highest BCUT2D eigenvalue weighted by Crippen LogP contribution is 2.36. The van der Waals surface area contributed by atoms with E-state index in [-0.39, 0.29) is 35.0 Å². The number of hydrogen-bond donors (Lipinski definition) is 0. The fraction of sp³-hybridized carbons (Fsp3) is 0.263. The zero-order valence-corrected chi connectivity index (χ0v) is 17.7. The smallest absolute Gasteiger partial charge is 0.305 e. The largest absolute Gasteiger partial charge is 0.417 e. The second-order valence-corrected chi connectivity index (χ2v) is 9.87. The Balaban J connectivity index is 1.80. The van der Waals surface area contributed by atoms with Crippen LogP contribution in [0.4, 0.5) is 18.9 Å². The summed E-state index contributed by atoms with van der Waals surface area (Å²) in [5.41, 5.74) is 1.08. The van der Waals surface area contributed by atoms with Crippen molar-refractivity contribution in [3.63, 3.8) is 0 Å². The van der Waals surface area contributed by atoms with Crippen LogP contribution in [0.1, 0.15) is 28.7 Å². The number of pyridine rings is 2. The van der Waals surface area contributed by atoms with Gasteiger partial charge in [0.25, 0.3) is 5.91 Å². The molecular formula is C19H15F3N4O3S2. The van der Waals surface area contributed by atoms with Crippen molar-refractivity contribution in [2.24, 2.45) is 0 Å². The summed E-state index contributed by atoms with van der Waals surface area (Å²) in [5.74, 6) is -1.06. The number of nitrogens with zero attached hydrogens (tertiary/aromatic N) is 4. The van der Waals surface area contributed by atoms with E-state index in [0.29, 0.717) is 16.1 Å². The van der Waals surface area contributed by atoms with Gasteiger partial charge in [-0.3, -0.25) is 14.8 Å². The van der Waals surface area contributed by atoms with Crippen molar-refractivity contribution < 1.29 is 26.4 Å². The molecule has 0 fully saturated rings. The lowest BCUT2D eigenvalue weighted by Gasteiger charge is -2.19. The van der Waals surface area contributed by atoms with Gasteiger partial charge in [-0.15, -0.1) is 11.3 Å². The summed E-state index contributed by atoms with van der Waals surface area (Å²) in [5, 5.41) is 0. The number of amides is 1.